The van der Waals surface area contributed by atoms with Crippen molar-refractivity contribution in [2.24, 2.45) is 11.8 Å². The fraction of sp³-hybridized carbons (Fsp3) is 0.500. The third kappa shape index (κ3) is 1.64. The highest BCUT2D eigenvalue weighted by molar-refractivity contribution is 7.80. The average Bonchev–Trinajstić information content (AvgIpc) is 2.73. The highest BCUT2D eigenvalue weighted by Crippen LogP contribution is 2.48. The second kappa shape index (κ2) is 4.52. The van der Waals surface area contributed by atoms with E-state index in [0.29, 0.717) is 17.6 Å². The summed E-state index contributed by atoms with van der Waals surface area (Å²) in [5.74, 6) is 0.677. The Morgan fingerprint density at radius 3 is 3.00 bits per heavy atom. The molecule has 4 nitrogen and oxygen atoms in total. The lowest BCUT2D eigenvalue weighted by Gasteiger charge is -2.47. The Balaban J connectivity index is 1.93. The molecule has 110 valence electrons. The van der Waals surface area contributed by atoms with Crippen molar-refractivity contribution >= 4 is 23.2 Å². The van der Waals surface area contributed by atoms with E-state index in [2.05, 4.69) is 17.4 Å². The third-order valence-electron chi connectivity index (χ3n) is 5.23. The maximum Gasteiger partial charge on any atom is 0.259 e. The van der Waals surface area contributed by atoms with Crippen molar-refractivity contribution in [3.8, 4) is 0 Å². The molecule has 3 aliphatic rings. The Hall–Kier alpha value is -1.46. The molecule has 1 spiro atoms. The van der Waals surface area contributed by atoms with Crippen molar-refractivity contribution in [3.05, 3.63) is 35.4 Å². The van der Waals surface area contributed by atoms with E-state index in [4.69, 9.17) is 17.0 Å². The van der Waals surface area contributed by atoms with Gasteiger partial charge in [0.2, 0.25) is 0 Å². The standard InChI is InChI=1S/C16H18N2O2S/c1-18-14(19)16(17-15(18)21)12-5-3-2-4-10(12)8-11-6-7-20-9-13(11)16/h2-5,11,13H,6-9H2,1H3,(H,17,21). The molecule has 21 heavy (non-hydrogen) atoms. The van der Waals surface area contributed by atoms with Crippen molar-refractivity contribution in [1.29, 1.82) is 0 Å². The SMILES string of the molecule is CN1C(=O)C2(NC1=S)c1ccccc1CC1CCOCC12. The number of likely N-dealkylation sites (N-methyl/N-ethyl adjacent to an activating group) is 1. The van der Waals surface area contributed by atoms with Crippen LogP contribution >= 0.6 is 12.2 Å². The first-order valence-corrected chi connectivity index (χ1v) is 7.82. The van der Waals surface area contributed by atoms with Gasteiger partial charge in [0.05, 0.1) is 6.61 Å². The van der Waals surface area contributed by atoms with Crippen LogP contribution in [-0.2, 0) is 21.5 Å². The van der Waals surface area contributed by atoms with Crippen LogP contribution in [0.2, 0.25) is 0 Å². The quantitative estimate of drug-likeness (QED) is 0.736. The highest BCUT2D eigenvalue weighted by Gasteiger charge is 2.59. The van der Waals surface area contributed by atoms with Gasteiger partial charge in [-0.2, -0.15) is 0 Å². The van der Waals surface area contributed by atoms with Crippen molar-refractivity contribution in [3.63, 3.8) is 0 Å². The number of thiocarbonyl (C=S) groups is 1. The summed E-state index contributed by atoms with van der Waals surface area (Å²) in [6.07, 6.45) is 2.03. The predicted molar refractivity (Wildman–Crippen MR) is 82.7 cm³/mol. The van der Waals surface area contributed by atoms with Crippen LogP contribution in [0.5, 0.6) is 0 Å². The zero-order chi connectivity index (χ0) is 14.6. The molecule has 0 radical (unpaired) electrons. The molecular weight excluding hydrogens is 284 g/mol. The Morgan fingerprint density at radius 1 is 1.43 bits per heavy atom. The lowest BCUT2D eigenvalue weighted by Crippen LogP contribution is -2.58. The highest BCUT2D eigenvalue weighted by atomic mass is 32.1. The number of rotatable bonds is 0. The van der Waals surface area contributed by atoms with Crippen LogP contribution in [0.15, 0.2) is 24.3 Å². The smallest absolute Gasteiger partial charge is 0.259 e. The zero-order valence-corrected chi connectivity index (χ0v) is 12.8. The van der Waals surface area contributed by atoms with E-state index in [0.717, 1.165) is 25.0 Å². The summed E-state index contributed by atoms with van der Waals surface area (Å²) >= 11 is 5.35. The summed E-state index contributed by atoms with van der Waals surface area (Å²) in [5.41, 5.74) is 1.61. The van der Waals surface area contributed by atoms with E-state index >= 15 is 0 Å². The second-order valence-corrected chi connectivity index (χ2v) is 6.58. The predicted octanol–water partition coefficient (Wildman–Crippen LogP) is 1.44. The molecule has 1 amide bonds. The number of nitrogens with zero attached hydrogens (tertiary/aromatic N) is 1. The molecule has 2 saturated heterocycles. The first-order chi connectivity index (χ1) is 10.1. The topological polar surface area (TPSA) is 41.6 Å². The molecule has 3 unspecified atom stereocenters. The molecular formula is C16H18N2O2S. The van der Waals surface area contributed by atoms with Crippen LogP contribution in [0, 0.1) is 11.8 Å². The molecule has 2 fully saturated rings. The number of benzene rings is 1. The molecule has 0 bridgehead atoms. The largest absolute Gasteiger partial charge is 0.381 e. The minimum absolute atomic E-state index is 0.0557. The Labute approximate surface area is 129 Å². The average molecular weight is 302 g/mol. The van der Waals surface area contributed by atoms with Crippen molar-refractivity contribution < 1.29 is 9.53 Å². The molecule has 1 aromatic rings. The zero-order valence-electron chi connectivity index (χ0n) is 12.0. The minimum Gasteiger partial charge on any atom is -0.381 e. The molecule has 2 aliphatic heterocycles. The lowest BCUT2D eigenvalue weighted by molar-refractivity contribution is -0.138. The molecule has 5 heteroatoms. The minimum atomic E-state index is -0.730. The molecule has 1 N–H and O–H groups in total. The van der Waals surface area contributed by atoms with E-state index in [1.807, 2.05) is 12.1 Å². The van der Waals surface area contributed by atoms with Gasteiger partial charge in [-0.15, -0.1) is 0 Å². The Kier molecular flexibility index (Phi) is 2.84. The number of hydrogen-bond donors (Lipinski definition) is 1. The van der Waals surface area contributed by atoms with E-state index in [1.165, 1.54) is 5.56 Å². The van der Waals surface area contributed by atoms with Gasteiger partial charge in [0.25, 0.3) is 5.91 Å². The number of amides is 1. The normalized spacial score (nSPS) is 34.6. The summed E-state index contributed by atoms with van der Waals surface area (Å²) in [4.78, 5) is 14.6. The van der Waals surface area contributed by atoms with Gasteiger partial charge in [0, 0.05) is 19.6 Å². The van der Waals surface area contributed by atoms with Crippen molar-refractivity contribution in [1.82, 2.24) is 10.2 Å². The van der Waals surface area contributed by atoms with Gasteiger partial charge < -0.3 is 10.1 Å². The Morgan fingerprint density at radius 2 is 2.24 bits per heavy atom. The van der Waals surface area contributed by atoms with Gasteiger partial charge in [0.15, 0.2) is 10.7 Å². The summed E-state index contributed by atoms with van der Waals surface area (Å²) < 4.78 is 5.71. The first-order valence-electron chi connectivity index (χ1n) is 7.41. The summed E-state index contributed by atoms with van der Waals surface area (Å²) in [5, 5.41) is 3.87. The van der Waals surface area contributed by atoms with Crippen LogP contribution in [0.1, 0.15) is 17.5 Å². The monoisotopic (exact) mass is 302 g/mol. The fourth-order valence-corrected chi connectivity index (χ4v) is 4.41. The lowest BCUT2D eigenvalue weighted by atomic mass is 9.62. The number of carbonyl (C=O) groups is 1. The fourth-order valence-electron chi connectivity index (χ4n) is 4.17. The van der Waals surface area contributed by atoms with Gasteiger partial charge in [-0.25, -0.2) is 0 Å². The molecule has 1 aromatic carbocycles. The molecule has 0 saturated carbocycles. The second-order valence-electron chi connectivity index (χ2n) is 6.19. The van der Waals surface area contributed by atoms with Crippen molar-refractivity contribution in [2.75, 3.05) is 20.3 Å². The maximum atomic E-state index is 13.0. The molecule has 0 aromatic heterocycles. The van der Waals surface area contributed by atoms with Crippen LogP contribution < -0.4 is 5.32 Å². The number of nitrogens with one attached hydrogen (secondary N) is 1. The van der Waals surface area contributed by atoms with E-state index in [-0.39, 0.29) is 11.8 Å². The first kappa shape index (κ1) is 13.2. The summed E-state index contributed by atoms with van der Waals surface area (Å²) in [7, 11) is 1.75. The molecule has 2 heterocycles. The van der Waals surface area contributed by atoms with Crippen LogP contribution in [-0.4, -0.2) is 36.2 Å². The van der Waals surface area contributed by atoms with Gasteiger partial charge in [-0.1, -0.05) is 24.3 Å². The molecule has 3 atom stereocenters. The molecule has 1 aliphatic carbocycles. The number of hydrogen-bond acceptors (Lipinski definition) is 3. The maximum absolute atomic E-state index is 13.0. The molecule has 4 rings (SSSR count). The summed E-state index contributed by atoms with van der Waals surface area (Å²) in [6.45, 7) is 1.40. The van der Waals surface area contributed by atoms with Gasteiger partial charge in [-0.05, 0) is 42.1 Å². The van der Waals surface area contributed by atoms with Crippen molar-refractivity contribution in [2.45, 2.75) is 18.4 Å². The number of ether oxygens (including phenoxy) is 1. The van der Waals surface area contributed by atoms with Crippen LogP contribution in [0.4, 0.5) is 0 Å². The number of carbonyl (C=O) groups excluding carboxylic acids is 1. The van der Waals surface area contributed by atoms with Gasteiger partial charge in [-0.3, -0.25) is 9.69 Å². The van der Waals surface area contributed by atoms with Crippen LogP contribution in [0.25, 0.3) is 0 Å². The third-order valence-corrected chi connectivity index (χ3v) is 5.61. The van der Waals surface area contributed by atoms with E-state index < -0.39 is 5.54 Å². The van der Waals surface area contributed by atoms with Gasteiger partial charge in [0.1, 0.15) is 0 Å². The van der Waals surface area contributed by atoms with E-state index in [1.54, 1.807) is 11.9 Å². The van der Waals surface area contributed by atoms with Gasteiger partial charge >= 0.3 is 0 Å². The Bertz CT molecular complexity index is 632. The van der Waals surface area contributed by atoms with Crippen LogP contribution in [0.3, 0.4) is 0 Å². The summed E-state index contributed by atoms with van der Waals surface area (Å²) in [6, 6.07) is 8.25. The van der Waals surface area contributed by atoms with E-state index in [9.17, 15) is 4.79 Å². The number of fused-ring (bicyclic) bond motifs is 4.